The molecule has 2 rings (SSSR count). The van der Waals surface area contributed by atoms with Gasteiger partial charge in [-0.3, -0.25) is 4.79 Å². The number of carbonyl (C=O) groups is 1. The number of hydrogen-bond acceptors (Lipinski definition) is 7. The first-order valence-corrected chi connectivity index (χ1v) is 10.4. The van der Waals surface area contributed by atoms with Crippen LogP contribution in [0, 0.1) is 0 Å². The molecule has 2 aromatic rings. The highest BCUT2D eigenvalue weighted by Crippen LogP contribution is 2.19. The molecule has 0 aliphatic carbocycles. The second-order valence-electron chi connectivity index (χ2n) is 5.65. The van der Waals surface area contributed by atoms with Crippen molar-refractivity contribution < 1.29 is 30.0 Å². The molecule has 28 heavy (non-hydrogen) atoms. The van der Waals surface area contributed by atoms with E-state index >= 15 is 0 Å². The highest BCUT2D eigenvalue weighted by molar-refractivity contribution is 7.85. The zero-order valence-electron chi connectivity index (χ0n) is 14.8. The fourth-order valence-electron chi connectivity index (χ4n) is 1.92. The molecular weight excluding hydrogens is 410 g/mol. The Balaban J connectivity index is 2.11. The summed E-state index contributed by atoms with van der Waals surface area (Å²) in [6, 6.07) is 10.7. The average Bonchev–Trinajstić information content (AvgIpc) is 2.59. The van der Waals surface area contributed by atoms with E-state index in [1.54, 1.807) is 14.1 Å². The molecule has 2 N–H and O–H groups in total. The zero-order chi connectivity index (χ0) is 20.9. The minimum absolute atomic E-state index is 0.00986. The monoisotopic (exact) mass is 427 g/mol. The lowest BCUT2D eigenvalue weighted by Crippen LogP contribution is -2.18. The van der Waals surface area contributed by atoms with Crippen LogP contribution in [0.5, 0.6) is 11.5 Å². The number of nitrogens with two attached hydrogens (primary N) is 1. The zero-order valence-corrected chi connectivity index (χ0v) is 16.5. The quantitative estimate of drug-likeness (QED) is 0.368. The molecule has 0 aliphatic rings. The lowest BCUT2D eigenvalue weighted by molar-refractivity contribution is 0.103. The van der Waals surface area contributed by atoms with Gasteiger partial charge in [-0.1, -0.05) is 0 Å². The van der Waals surface area contributed by atoms with Gasteiger partial charge in [-0.2, -0.15) is 22.0 Å². The molecule has 0 radical (unpaired) electrons. The second-order valence-corrected chi connectivity index (χ2v) is 8.03. The Morgan fingerprint density at radius 1 is 0.893 bits per heavy atom. The SMILES string of the molecule is CN(C)C=NS(=O)(=O)Oc1ccc(C(=O)c2ccc(OS(N)(=O)=O)cc2)cc1. The molecule has 0 aliphatic heterocycles. The number of nitrogens with zero attached hydrogens (tertiary/aromatic N) is 2. The Kier molecular flexibility index (Phi) is 6.38. The van der Waals surface area contributed by atoms with Crippen molar-refractivity contribution in [2.45, 2.75) is 0 Å². The Bertz CT molecular complexity index is 1080. The maximum atomic E-state index is 12.4. The van der Waals surface area contributed by atoms with Crippen molar-refractivity contribution in [2.24, 2.45) is 9.54 Å². The van der Waals surface area contributed by atoms with Crippen molar-refractivity contribution in [2.75, 3.05) is 14.1 Å². The summed E-state index contributed by atoms with van der Waals surface area (Å²) in [6.07, 6.45) is 1.08. The lowest BCUT2D eigenvalue weighted by atomic mass is 10.0. The fourth-order valence-corrected chi connectivity index (χ4v) is 3.00. The predicted octanol–water partition coefficient (Wildman–Crippen LogP) is 0.713. The van der Waals surface area contributed by atoms with E-state index in [0.29, 0.717) is 0 Å². The normalized spacial score (nSPS) is 12.0. The number of benzene rings is 2. The van der Waals surface area contributed by atoms with Gasteiger partial charge in [-0.25, -0.2) is 0 Å². The maximum absolute atomic E-state index is 12.4. The predicted molar refractivity (Wildman–Crippen MR) is 102 cm³/mol. The van der Waals surface area contributed by atoms with Crippen molar-refractivity contribution in [1.29, 1.82) is 0 Å². The van der Waals surface area contributed by atoms with Crippen LogP contribution in [0.15, 0.2) is 52.9 Å². The second kappa shape index (κ2) is 8.37. The van der Waals surface area contributed by atoms with E-state index in [2.05, 4.69) is 8.58 Å². The number of carbonyl (C=O) groups excluding carboxylic acids is 1. The number of ketones is 1. The molecule has 0 saturated carbocycles. The van der Waals surface area contributed by atoms with Crippen LogP contribution in [0.3, 0.4) is 0 Å². The van der Waals surface area contributed by atoms with Crippen molar-refractivity contribution in [1.82, 2.24) is 4.90 Å². The molecule has 0 bridgehead atoms. The van der Waals surface area contributed by atoms with E-state index in [1.807, 2.05) is 0 Å². The Hall–Kier alpha value is -2.96. The molecule has 0 saturated heterocycles. The molecule has 0 unspecified atom stereocenters. The highest BCUT2D eigenvalue weighted by atomic mass is 32.2. The van der Waals surface area contributed by atoms with Crippen molar-refractivity contribution in [3.8, 4) is 11.5 Å². The Morgan fingerprint density at radius 2 is 1.32 bits per heavy atom. The molecule has 0 atom stereocenters. The van der Waals surface area contributed by atoms with Crippen LogP contribution in [0.2, 0.25) is 0 Å². The summed E-state index contributed by atoms with van der Waals surface area (Å²) in [6.45, 7) is 0. The van der Waals surface area contributed by atoms with Crippen LogP contribution in [0.4, 0.5) is 0 Å². The van der Waals surface area contributed by atoms with Gasteiger partial charge < -0.3 is 13.3 Å². The van der Waals surface area contributed by atoms with E-state index in [-0.39, 0.29) is 28.4 Å². The molecule has 150 valence electrons. The lowest BCUT2D eigenvalue weighted by Gasteiger charge is -2.06. The summed E-state index contributed by atoms with van der Waals surface area (Å²) < 4.78 is 57.7. The topological polar surface area (TPSA) is 145 Å². The van der Waals surface area contributed by atoms with Gasteiger partial charge in [0.05, 0.1) is 0 Å². The summed E-state index contributed by atoms with van der Waals surface area (Å²) in [4.78, 5) is 13.9. The van der Waals surface area contributed by atoms with Crippen molar-refractivity contribution >= 4 is 32.7 Å². The first-order chi connectivity index (χ1) is 13.0. The Labute approximate surface area is 162 Å². The first kappa shape index (κ1) is 21.3. The summed E-state index contributed by atoms with van der Waals surface area (Å²) in [5.74, 6) is -0.419. The van der Waals surface area contributed by atoms with Crippen LogP contribution in [-0.4, -0.2) is 48.0 Å². The summed E-state index contributed by atoms with van der Waals surface area (Å²) in [7, 11) is -5.11. The maximum Gasteiger partial charge on any atom is 0.429 e. The van der Waals surface area contributed by atoms with E-state index < -0.39 is 20.6 Å². The standard InChI is InChI=1S/C16H17N3O7S2/c1-19(2)11-18-28(23,24)26-15-9-5-13(6-10-15)16(20)12-3-7-14(8-4-12)25-27(17,21)22/h3-11H,1-2H3,(H2,17,21,22). The number of hydrogen-bond donors (Lipinski definition) is 1. The molecule has 0 aromatic heterocycles. The highest BCUT2D eigenvalue weighted by Gasteiger charge is 2.13. The van der Waals surface area contributed by atoms with E-state index in [1.165, 1.54) is 53.4 Å². The van der Waals surface area contributed by atoms with Crippen LogP contribution < -0.4 is 13.5 Å². The molecule has 0 fully saturated rings. The first-order valence-electron chi connectivity index (χ1n) is 7.58. The number of rotatable bonds is 8. The molecule has 12 heteroatoms. The van der Waals surface area contributed by atoms with Gasteiger partial charge in [0, 0.05) is 25.2 Å². The summed E-state index contributed by atoms with van der Waals surface area (Å²) >= 11 is 0. The largest absolute Gasteiger partial charge is 0.429 e. The van der Waals surface area contributed by atoms with E-state index in [0.717, 1.165) is 6.34 Å². The minimum Gasteiger partial charge on any atom is -0.371 e. The third-order valence-corrected chi connectivity index (χ3v) is 4.23. The minimum atomic E-state index is -4.17. The van der Waals surface area contributed by atoms with Gasteiger partial charge in [0.2, 0.25) is 0 Å². The van der Waals surface area contributed by atoms with Crippen molar-refractivity contribution in [3.63, 3.8) is 0 Å². The van der Waals surface area contributed by atoms with Gasteiger partial charge in [0.25, 0.3) is 0 Å². The summed E-state index contributed by atoms with van der Waals surface area (Å²) in [5.41, 5.74) is 0.528. The molecule has 0 heterocycles. The van der Waals surface area contributed by atoms with Crippen molar-refractivity contribution in [3.05, 3.63) is 59.7 Å². The smallest absolute Gasteiger partial charge is 0.371 e. The third kappa shape index (κ3) is 6.64. The summed E-state index contributed by atoms with van der Waals surface area (Å²) in [5, 5.41) is 4.77. The molecule has 0 spiro atoms. The van der Waals surface area contributed by atoms with Crippen LogP contribution >= 0.6 is 0 Å². The fraction of sp³-hybridized carbons (Fsp3) is 0.125. The van der Waals surface area contributed by atoms with Gasteiger partial charge in [-0.05, 0) is 48.5 Å². The van der Waals surface area contributed by atoms with Gasteiger partial charge in [0.15, 0.2) is 5.78 Å². The average molecular weight is 427 g/mol. The van der Waals surface area contributed by atoms with E-state index in [4.69, 9.17) is 9.32 Å². The Morgan fingerprint density at radius 3 is 1.71 bits per heavy atom. The molecule has 0 amide bonds. The third-order valence-electron chi connectivity index (χ3n) is 3.05. The van der Waals surface area contributed by atoms with Gasteiger partial charge >= 0.3 is 20.6 Å². The van der Waals surface area contributed by atoms with Gasteiger partial charge in [0.1, 0.15) is 17.8 Å². The van der Waals surface area contributed by atoms with Gasteiger partial charge in [-0.15, -0.1) is 4.40 Å². The van der Waals surface area contributed by atoms with E-state index in [9.17, 15) is 21.6 Å². The van der Waals surface area contributed by atoms with Crippen LogP contribution in [0.1, 0.15) is 15.9 Å². The van der Waals surface area contributed by atoms with Crippen LogP contribution in [-0.2, 0) is 20.6 Å². The molecular formula is C16H17N3O7S2. The van der Waals surface area contributed by atoms with Crippen LogP contribution in [0.25, 0.3) is 0 Å². The molecule has 2 aromatic carbocycles. The molecule has 10 nitrogen and oxygen atoms in total.